The number of nitrogens with zero attached hydrogens (tertiary/aromatic N) is 3. The van der Waals surface area contributed by atoms with Crippen LogP contribution in [0.5, 0.6) is 0 Å². The molecule has 1 aliphatic heterocycles. The molecule has 0 bridgehead atoms. The summed E-state index contributed by atoms with van der Waals surface area (Å²) < 4.78 is 0. The van der Waals surface area contributed by atoms with Crippen LogP contribution in [-0.4, -0.2) is 27.8 Å². The molecule has 1 aromatic heterocycles. The summed E-state index contributed by atoms with van der Waals surface area (Å²) in [6.45, 7) is 0. The Morgan fingerprint density at radius 3 is 2.81 bits per heavy atom. The molecule has 0 N–H and O–H groups in total. The number of para-hydroxylation sites is 1. The highest BCUT2D eigenvalue weighted by atomic mass is 32.2. The molecule has 3 rings (SSSR count). The lowest BCUT2D eigenvalue weighted by molar-refractivity contribution is 0.552. The van der Waals surface area contributed by atoms with Crippen molar-refractivity contribution in [1.82, 2.24) is 14.9 Å². The molecule has 0 atom stereocenters. The van der Waals surface area contributed by atoms with E-state index >= 15 is 0 Å². The van der Waals surface area contributed by atoms with Crippen molar-refractivity contribution in [3.05, 3.63) is 48.4 Å². The maximum atomic E-state index is 4.07. The maximum Gasteiger partial charge on any atom is 0.116 e. The summed E-state index contributed by atoms with van der Waals surface area (Å²) in [5.41, 5.74) is 0.998. The Morgan fingerprint density at radius 1 is 1.31 bits per heavy atom. The Bertz CT molecular complexity index is 419. The average molecular weight is 231 g/mol. The van der Waals surface area contributed by atoms with Crippen LogP contribution < -0.4 is 0 Å². The van der Waals surface area contributed by atoms with Crippen molar-refractivity contribution >= 4 is 22.7 Å². The highest BCUT2D eigenvalue weighted by Crippen LogP contribution is 2.11. The lowest BCUT2D eigenvalue weighted by Crippen LogP contribution is -2.02. The molecular formula is C12H13N3S. The second-order valence-electron chi connectivity index (χ2n) is 3.42. The predicted octanol–water partition coefficient (Wildman–Crippen LogP) is 2.72. The normalized spacial score (nSPS) is 13.7. The highest BCUT2D eigenvalue weighted by molar-refractivity contribution is 8.02. The largest absolute Gasteiger partial charge is 0.370 e. The van der Waals surface area contributed by atoms with Crippen LogP contribution in [0.2, 0.25) is 0 Å². The second-order valence-corrected chi connectivity index (χ2v) is 4.28. The SMILES string of the molecule is CN1C=CSC1.c1ccc2ncncc2c1. The van der Waals surface area contributed by atoms with Gasteiger partial charge in [-0.3, -0.25) is 0 Å². The first-order chi connectivity index (χ1) is 7.86. The number of aromatic nitrogens is 2. The van der Waals surface area contributed by atoms with Gasteiger partial charge >= 0.3 is 0 Å². The third-order valence-electron chi connectivity index (χ3n) is 2.10. The standard InChI is InChI=1S/C8H6N2.C4H7NS/c1-2-4-8-7(3-1)5-9-6-10-8;1-5-2-3-6-4-5/h1-6H;2-3H,4H2,1H3. The summed E-state index contributed by atoms with van der Waals surface area (Å²) in [5.74, 6) is 1.12. The third kappa shape index (κ3) is 2.97. The summed E-state index contributed by atoms with van der Waals surface area (Å²) in [4.78, 5) is 10.1. The van der Waals surface area contributed by atoms with E-state index in [1.165, 1.54) is 0 Å². The van der Waals surface area contributed by atoms with Crippen molar-refractivity contribution < 1.29 is 0 Å². The number of hydrogen-bond donors (Lipinski definition) is 0. The van der Waals surface area contributed by atoms with E-state index in [0.717, 1.165) is 16.8 Å². The maximum absolute atomic E-state index is 4.07. The van der Waals surface area contributed by atoms with E-state index in [2.05, 4.69) is 33.5 Å². The third-order valence-corrected chi connectivity index (χ3v) is 2.97. The number of fused-ring (bicyclic) bond motifs is 1. The fourth-order valence-electron chi connectivity index (χ4n) is 1.27. The van der Waals surface area contributed by atoms with Gasteiger partial charge in [-0.05, 0) is 11.5 Å². The van der Waals surface area contributed by atoms with Crippen LogP contribution in [0, 0.1) is 0 Å². The summed E-state index contributed by atoms with van der Waals surface area (Å²) in [7, 11) is 2.07. The first-order valence-corrected chi connectivity index (χ1v) is 6.04. The van der Waals surface area contributed by atoms with Crippen LogP contribution in [0.15, 0.2) is 48.4 Å². The van der Waals surface area contributed by atoms with Gasteiger partial charge < -0.3 is 4.90 Å². The Morgan fingerprint density at radius 2 is 2.19 bits per heavy atom. The van der Waals surface area contributed by atoms with Gasteiger partial charge in [0.25, 0.3) is 0 Å². The van der Waals surface area contributed by atoms with Gasteiger partial charge in [0.1, 0.15) is 6.33 Å². The van der Waals surface area contributed by atoms with E-state index in [0.29, 0.717) is 0 Å². The number of benzene rings is 1. The molecule has 2 heterocycles. The molecule has 2 aromatic rings. The van der Waals surface area contributed by atoms with E-state index in [-0.39, 0.29) is 0 Å². The molecule has 3 nitrogen and oxygen atoms in total. The Kier molecular flexibility index (Phi) is 3.77. The van der Waals surface area contributed by atoms with Crippen molar-refractivity contribution in [3.8, 4) is 0 Å². The summed E-state index contributed by atoms with van der Waals surface area (Å²) >= 11 is 1.83. The molecule has 0 aliphatic carbocycles. The van der Waals surface area contributed by atoms with Crippen LogP contribution in [-0.2, 0) is 0 Å². The molecule has 0 saturated heterocycles. The molecule has 1 aromatic carbocycles. The Labute approximate surface area is 99.2 Å². The Hall–Kier alpha value is -1.55. The van der Waals surface area contributed by atoms with Crippen molar-refractivity contribution in [2.45, 2.75) is 0 Å². The lowest BCUT2D eigenvalue weighted by Gasteiger charge is -2.01. The molecule has 0 unspecified atom stereocenters. The summed E-state index contributed by atoms with van der Waals surface area (Å²) in [5, 5.41) is 3.19. The van der Waals surface area contributed by atoms with Gasteiger partial charge in [0, 0.05) is 24.8 Å². The van der Waals surface area contributed by atoms with E-state index in [1.54, 1.807) is 6.33 Å². The topological polar surface area (TPSA) is 29.0 Å². The van der Waals surface area contributed by atoms with Gasteiger partial charge in [-0.25, -0.2) is 9.97 Å². The van der Waals surface area contributed by atoms with Gasteiger partial charge in [-0.1, -0.05) is 18.2 Å². The molecule has 0 fully saturated rings. The number of hydrogen-bond acceptors (Lipinski definition) is 4. The fraction of sp³-hybridized carbons (Fsp3) is 0.167. The smallest absolute Gasteiger partial charge is 0.116 e. The average Bonchev–Trinajstić information content (AvgIpc) is 2.81. The molecule has 16 heavy (non-hydrogen) atoms. The first-order valence-electron chi connectivity index (χ1n) is 4.99. The van der Waals surface area contributed by atoms with Gasteiger partial charge in [0.15, 0.2) is 0 Å². The van der Waals surface area contributed by atoms with Gasteiger partial charge in [-0.2, -0.15) is 0 Å². The van der Waals surface area contributed by atoms with Crippen molar-refractivity contribution in [2.75, 3.05) is 12.9 Å². The summed E-state index contributed by atoms with van der Waals surface area (Å²) in [6, 6.07) is 7.91. The van der Waals surface area contributed by atoms with E-state index < -0.39 is 0 Å². The molecular weight excluding hydrogens is 218 g/mol. The molecule has 0 amide bonds. The Balaban J connectivity index is 0.000000138. The van der Waals surface area contributed by atoms with Crippen molar-refractivity contribution in [2.24, 2.45) is 0 Å². The molecule has 1 aliphatic rings. The van der Waals surface area contributed by atoms with Gasteiger partial charge in [0.2, 0.25) is 0 Å². The van der Waals surface area contributed by atoms with Crippen LogP contribution in [0.4, 0.5) is 0 Å². The van der Waals surface area contributed by atoms with Crippen LogP contribution in [0.3, 0.4) is 0 Å². The first kappa shape index (κ1) is 11.0. The van der Waals surface area contributed by atoms with Crippen LogP contribution in [0.1, 0.15) is 0 Å². The zero-order valence-electron chi connectivity index (χ0n) is 9.08. The molecule has 4 heteroatoms. The monoisotopic (exact) mass is 231 g/mol. The van der Waals surface area contributed by atoms with Crippen molar-refractivity contribution in [1.29, 1.82) is 0 Å². The highest BCUT2D eigenvalue weighted by Gasteiger charge is 1.93. The zero-order valence-corrected chi connectivity index (χ0v) is 9.89. The van der Waals surface area contributed by atoms with Gasteiger partial charge in [-0.15, -0.1) is 11.8 Å². The van der Waals surface area contributed by atoms with E-state index in [1.807, 2.05) is 42.2 Å². The minimum atomic E-state index is 0.998. The lowest BCUT2D eigenvalue weighted by atomic mass is 10.2. The predicted molar refractivity (Wildman–Crippen MR) is 68.9 cm³/mol. The second kappa shape index (κ2) is 5.51. The van der Waals surface area contributed by atoms with Crippen molar-refractivity contribution in [3.63, 3.8) is 0 Å². The summed E-state index contributed by atoms with van der Waals surface area (Å²) in [6.07, 6.45) is 5.44. The zero-order chi connectivity index (χ0) is 11.2. The number of rotatable bonds is 0. The van der Waals surface area contributed by atoms with E-state index in [9.17, 15) is 0 Å². The van der Waals surface area contributed by atoms with Gasteiger partial charge in [0.05, 0.1) is 11.4 Å². The quantitative estimate of drug-likeness (QED) is 0.697. The molecule has 0 saturated carbocycles. The minimum absolute atomic E-state index is 0.998. The number of thioether (sulfide) groups is 1. The minimum Gasteiger partial charge on any atom is -0.370 e. The van der Waals surface area contributed by atoms with E-state index in [4.69, 9.17) is 0 Å². The van der Waals surface area contributed by atoms with Crippen LogP contribution >= 0.6 is 11.8 Å². The molecule has 82 valence electrons. The molecule has 0 radical (unpaired) electrons. The van der Waals surface area contributed by atoms with Crippen LogP contribution in [0.25, 0.3) is 10.9 Å². The molecule has 0 spiro atoms. The fourth-order valence-corrected chi connectivity index (χ4v) is 1.98.